The molecule has 5 nitrogen and oxygen atoms in total. The van der Waals surface area contributed by atoms with Crippen LogP contribution in [0.2, 0.25) is 5.02 Å². The number of carbonyl (C=O) groups excluding carboxylic acids is 2. The summed E-state index contributed by atoms with van der Waals surface area (Å²) < 4.78 is 6.05. The predicted molar refractivity (Wildman–Crippen MR) is 104 cm³/mol. The van der Waals surface area contributed by atoms with E-state index < -0.39 is 0 Å². The summed E-state index contributed by atoms with van der Waals surface area (Å²) in [5, 5.41) is 2.97. The van der Waals surface area contributed by atoms with Gasteiger partial charge in [0.1, 0.15) is 17.6 Å². The maximum Gasteiger partial charge on any atom is 0.251 e. The summed E-state index contributed by atoms with van der Waals surface area (Å²) in [6.07, 6.45) is 2.07. The second kappa shape index (κ2) is 8.87. The molecule has 1 aromatic carbocycles. The van der Waals surface area contributed by atoms with E-state index in [1.54, 1.807) is 18.2 Å². The summed E-state index contributed by atoms with van der Waals surface area (Å²) in [7, 11) is 0. The maximum atomic E-state index is 12.0. The highest BCUT2D eigenvalue weighted by Crippen LogP contribution is 2.29. The van der Waals surface area contributed by atoms with E-state index in [-0.39, 0.29) is 24.3 Å². The minimum Gasteiger partial charge on any atom is -0.489 e. The zero-order valence-electron chi connectivity index (χ0n) is 16.1. The van der Waals surface area contributed by atoms with Crippen LogP contribution in [0.1, 0.15) is 50.9 Å². The smallest absolute Gasteiger partial charge is 0.251 e. The fourth-order valence-electron chi connectivity index (χ4n) is 3.08. The van der Waals surface area contributed by atoms with Gasteiger partial charge in [0.25, 0.3) is 5.91 Å². The van der Waals surface area contributed by atoms with Crippen LogP contribution >= 0.6 is 11.6 Å². The summed E-state index contributed by atoms with van der Waals surface area (Å²) in [4.78, 5) is 25.4. The van der Waals surface area contributed by atoms with Crippen molar-refractivity contribution in [3.8, 4) is 5.75 Å². The lowest BCUT2D eigenvalue weighted by molar-refractivity contribution is -0.116. The van der Waals surface area contributed by atoms with Gasteiger partial charge in [-0.05, 0) is 43.4 Å². The van der Waals surface area contributed by atoms with E-state index >= 15 is 0 Å². The Morgan fingerprint density at radius 2 is 1.92 bits per heavy atom. The molecule has 1 amide bonds. The van der Waals surface area contributed by atoms with Gasteiger partial charge >= 0.3 is 0 Å². The molecule has 1 fully saturated rings. The van der Waals surface area contributed by atoms with Gasteiger partial charge in [0.15, 0.2) is 0 Å². The van der Waals surface area contributed by atoms with Gasteiger partial charge in [0.2, 0.25) is 0 Å². The summed E-state index contributed by atoms with van der Waals surface area (Å²) in [6, 6.07) is 4.99. The summed E-state index contributed by atoms with van der Waals surface area (Å²) >= 11 is 6.29. The number of halogens is 1. The number of ether oxygens (including phenoxy) is 1. The lowest BCUT2D eigenvalue weighted by Crippen LogP contribution is -2.42. The molecule has 26 heavy (non-hydrogen) atoms. The van der Waals surface area contributed by atoms with Gasteiger partial charge in [-0.2, -0.15) is 0 Å². The number of carbonyl (C=O) groups is 2. The first-order valence-corrected chi connectivity index (χ1v) is 9.48. The van der Waals surface area contributed by atoms with Gasteiger partial charge < -0.3 is 15.0 Å². The highest BCUT2D eigenvalue weighted by atomic mass is 35.5. The van der Waals surface area contributed by atoms with Gasteiger partial charge in [-0.3, -0.25) is 9.59 Å². The first-order valence-electron chi connectivity index (χ1n) is 9.10. The SMILES string of the molecule is CC(=O)CNC(=O)c1ccc(OC2CCN(CC(C)(C)C)CC2)c(Cl)c1. The average Bonchev–Trinajstić information content (AvgIpc) is 2.54. The number of rotatable bonds is 6. The number of ketones is 1. The van der Waals surface area contributed by atoms with Crippen molar-refractivity contribution in [2.24, 2.45) is 5.41 Å². The van der Waals surface area contributed by atoms with Crippen molar-refractivity contribution in [3.63, 3.8) is 0 Å². The van der Waals surface area contributed by atoms with Crippen LogP contribution in [0.5, 0.6) is 5.75 Å². The molecular formula is C20H29ClN2O3. The standard InChI is InChI=1S/C20H29ClN2O3/c1-14(24)12-22-19(25)15-5-6-18(17(21)11-15)26-16-7-9-23(10-8-16)13-20(2,3)4/h5-6,11,16H,7-10,12-13H2,1-4H3,(H,22,25). The van der Waals surface area contributed by atoms with Crippen LogP contribution in [0, 0.1) is 5.41 Å². The summed E-state index contributed by atoms with van der Waals surface area (Å²) in [5.41, 5.74) is 0.721. The molecule has 0 bridgehead atoms. The molecule has 1 N–H and O–H groups in total. The number of benzene rings is 1. The van der Waals surface area contributed by atoms with Crippen molar-refractivity contribution in [2.45, 2.75) is 46.6 Å². The molecule has 0 atom stereocenters. The van der Waals surface area contributed by atoms with Crippen molar-refractivity contribution >= 4 is 23.3 Å². The summed E-state index contributed by atoms with van der Waals surface area (Å²) in [6.45, 7) is 11.3. The van der Waals surface area contributed by atoms with Gasteiger partial charge in [0, 0.05) is 25.2 Å². The Morgan fingerprint density at radius 3 is 2.46 bits per heavy atom. The first kappa shape index (κ1) is 20.7. The third-order valence-electron chi connectivity index (χ3n) is 4.22. The fraction of sp³-hybridized carbons (Fsp3) is 0.600. The molecule has 0 spiro atoms. The number of hydrogen-bond donors (Lipinski definition) is 1. The Hall–Kier alpha value is -1.59. The highest BCUT2D eigenvalue weighted by Gasteiger charge is 2.24. The Balaban J connectivity index is 1.89. The largest absolute Gasteiger partial charge is 0.489 e. The molecule has 0 saturated carbocycles. The Kier molecular flexibility index (Phi) is 7.07. The lowest BCUT2D eigenvalue weighted by Gasteiger charge is -2.36. The van der Waals surface area contributed by atoms with Crippen LogP contribution in [-0.2, 0) is 4.79 Å². The number of nitrogens with one attached hydrogen (secondary N) is 1. The molecule has 6 heteroatoms. The molecule has 1 aromatic rings. The van der Waals surface area contributed by atoms with Gasteiger partial charge in [-0.15, -0.1) is 0 Å². The number of nitrogens with zero attached hydrogens (tertiary/aromatic N) is 1. The van der Waals surface area contributed by atoms with Crippen LogP contribution < -0.4 is 10.1 Å². The van der Waals surface area contributed by atoms with Crippen LogP contribution in [0.3, 0.4) is 0 Å². The first-order chi connectivity index (χ1) is 12.1. The maximum absolute atomic E-state index is 12.0. The van der Waals surface area contributed by atoms with E-state index in [9.17, 15) is 9.59 Å². The zero-order valence-corrected chi connectivity index (χ0v) is 16.9. The van der Waals surface area contributed by atoms with Crippen LogP contribution in [-0.4, -0.2) is 48.9 Å². The number of amides is 1. The highest BCUT2D eigenvalue weighted by molar-refractivity contribution is 6.32. The Labute approximate surface area is 161 Å². The van der Waals surface area contributed by atoms with E-state index in [1.807, 2.05) is 0 Å². The monoisotopic (exact) mass is 380 g/mol. The number of Topliss-reactive ketones (excluding diaryl/α,β-unsaturated/α-hetero) is 1. The molecule has 2 rings (SSSR count). The van der Waals surface area contributed by atoms with Crippen molar-refractivity contribution in [1.29, 1.82) is 0 Å². The topological polar surface area (TPSA) is 58.6 Å². The molecule has 0 aliphatic carbocycles. The Bertz CT molecular complexity index is 647. The van der Waals surface area contributed by atoms with E-state index in [0.717, 1.165) is 32.5 Å². The average molecular weight is 381 g/mol. The van der Waals surface area contributed by atoms with Crippen LogP contribution in [0.4, 0.5) is 0 Å². The van der Waals surface area contributed by atoms with Crippen LogP contribution in [0.25, 0.3) is 0 Å². The van der Waals surface area contributed by atoms with Crippen LogP contribution in [0.15, 0.2) is 18.2 Å². The molecule has 1 aliphatic heterocycles. The van der Waals surface area contributed by atoms with E-state index in [2.05, 4.69) is 31.0 Å². The van der Waals surface area contributed by atoms with E-state index in [1.165, 1.54) is 6.92 Å². The van der Waals surface area contributed by atoms with Crippen molar-refractivity contribution in [2.75, 3.05) is 26.2 Å². The number of likely N-dealkylation sites (tertiary alicyclic amines) is 1. The third kappa shape index (κ3) is 6.61. The summed E-state index contributed by atoms with van der Waals surface area (Å²) in [5.74, 6) is 0.190. The normalized spacial score (nSPS) is 16.3. The van der Waals surface area contributed by atoms with Crippen molar-refractivity contribution < 1.29 is 14.3 Å². The lowest BCUT2D eigenvalue weighted by atomic mass is 9.94. The predicted octanol–water partition coefficient (Wildman–Crippen LogP) is 3.55. The molecule has 0 aromatic heterocycles. The van der Waals surface area contributed by atoms with Gasteiger partial charge in [0.05, 0.1) is 11.6 Å². The third-order valence-corrected chi connectivity index (χ3v) is 4.51. The molecule has 1 aliphatic rings. The fourth-order valence-corrected chi connectivity index (χ4v) is 3.31. The quantitative estimate of drug-likeness (QED) is 0.819. The second-order valence-electron chi connectivity index (χ2n) is 8.18. The van der Waals surface area contributed by atoms with E-state index in [0.29, 0.717) is 21.8 Å². The minimum atomic E-state index is -0.316. The molecule has 1 heterocycles. The van der Waals surface area contributed by atoms with Gasteiger partial charge in [-0.25, -0.2) is 0 Å². The van der Waals surface area contributed by atoms with E-state index in [4.69, 9.17) is 16.3 Å². The Morgan fingerprint density at radius 1 is 1.27 bits per heavy atom. The molecular weight excluding hydrogens is 352 g/mol. The molecule has 0 radical (unpaired) electrons. The number of piperidine rings is 1. The zero-order chi connectivity index (χ0) is 19.3. The number of hydrogen-bond acceptors (Lipinski definition) is 4. The minimum absolute atomic E-state index is 0.0157. The molecule has 0 unspecified atom stereocenters. The van der Waals surface area contributed by atoms with Crippen molar-refractivity contribution in [1.82, 2.24) is 10.2 Å². The van der Waals surface area contributed by atoms with Crippen molar-refractivity contribution in [3.05, 3.63) is 28.8 Å². The second-order valence-corrected chi connectivity index (χ2v) is 8.59. The van der Waals surface area contributed by atoms with Gasteiger partial charge in [-0.1, -0.05) is 32.4 Å². The molecule has 1 saturated heterocycles. The molecule has 144 valence electrons.